The van der Waals surface area contributed by atoms with Crippen LogP contribution in [0.3, 0.4) is 0 Å². The van der Waals surface area contributed by atoms with E-state index in [0.717, 1.165) is 36.4 Å². The molecular weight excluding hydrogens is 354 g/mol. The molecule has 4 rings (SSSR count). The van der Waals surface area contributed by atoms with Gasteiger partial charge in [-0.2, -0.15) is 4.52 Å². The summed E-state index contributed by atoms with van der Waals surface area (Å²) in [7, 11) is 0. The number of nitro groups is 1. The van der Waals surface area contributed by atoms with Crippen LogP contribution in [0.5, 0.6) is 5.88 Å². The molecule has 0 radical (unpaired) electrons. The molecule has 1 fully saturated rings. The van der Waals surface area contributed by atoms with Crippen LogP contribution in [0.15, 0.2) is 24.3 Å². The summed E-state index contributed by atoms with van der Waals surface area (Å²) in [5.41, 5.74) is 1.03. The number of hydrogen-bond acceptors (Lipinski definition) is 6. The van der Waals surface area contributed by atoms with Gasteiger partial charge in [-0.25, -0.2) is 4.98 Å². The Morgan fingerprint density at radius 3 is 2.62 bits per heavy atom. The van der Waals surface area contributed by atoms with Gasteiger partial charge in [-0.15, -0.1) is 5.10 Å². The normalized spacial score (nSPS) is 16.3. The first-order valence-corrected chi connectivity index (χ1v) is 9.56. The maximum atomic E-state index is 10.9. The maximum Gasteiger partial charge on any atom is 0.269 e. The third-order valence-corrected chi connectivity index (χ3v) is 6.00. The smallest absolute Gasteiger partial charge is 0.269 e. The zero-order valence-corrected chi connectivity index (χ0v) is 15.2. The SMILES string of the molecule is CCc1nc2sc([C@@H](c3ccc([N+](=O)[O-])cc3)[NH+]3CCCC3)c(O)n2n1. The van der Waals surface area contributed by atoms with Crippen LogP contribution in [0.2, 0.25) is 0 Å². The van der Waals surface area contributed by atoms with Crippen molar-refractivity contribution < 1.29 is 14.9 Å². The molecule has 136 valence electrons. The number of aromatic hydroxyl groups is 1. The highest BCUT2D eigenvalue weighted by atomic mass is 32.1. The van der Waals surface area contributed by atoms with Gasteiger partial charge in [-0.05, 0) is 12.1 Å². The number of nitrogens with zero attached hydrogens (tertiary/aromatic N) is 4. The Balaban J connectivity index is 1.79. The summed E-state index contributed by atoms with van der Waals surface area (Å²) < 4.78 is 1.51. The molecule has 9 heteroatoms. The molecule has 1 aliphatic heterocycles. The number of benzene rings is 1. The standard InChI is InChI=1S/C17H19N5O3S/c1-2-13-18-17-21(19-13)16(23)15(26-17)14(20-9-3-4-10-20)11-5-7-12(8-6-11)22(24)25/h5-8,14,23H,2-4,9-10H2,1H3/p+1/t14-/m1/s1. The fraction of sp³-hybridized carbons (Fsp3) is 0.412. The van der Waals surface area contributed by atoms with E-state index >= 15 is 0 Å². The molecular formula is C17H20N5O3S+. The molecule has 3 heterocycles. The van der Waals surface area contributed by atoms with Crippen molar-refractivity contribution in [2.24, 2.45) is 0 Å². The van der Waals surface area contributed by atoms with Crippen LogP contribution in [0.25, 0.3) is 4.96 Å². The first kappa shape index (κ1) is 16.9. The van der Waals surface area contributed by atoms with Crippen LogP contribution in [0.1, 0.15) is 42.1 Å². The number of thiazole rings is 1. The van der Waals surface area contributed by atoms with E-state index < -0.39 is 4.92 Å². The van der Waals surface area contributed by atoms with Crippen LogP contribution in [0, 0.1) is 10.1 Å². The number of nitro benzene ring substituents is 1. The Morgan fingerprint density at radius 1 is 1.35 bits per heavy atom. The molecule has 0 aliphatic carbocycles. The van der Waals surface area contributed by atoms with Gasteiger partial charge in [0.05, 0.1) is 18.0 Å². The van der Waals surface area contributed by atoms with Crippen molar-refractivity contribution in [2.45, 2.75) is 32.2 Å². The number of aromatic nitrogens is 3. The van der Waals surface area contributed by atoms with Crippen molar-refractivity contribution in [3.63, 3.8) is 0 Å². The highest BCUT2D eigenvalue weighted by Gasteiger charge is 2.34. The average molecular weight is 374 g/mol. The second-order valence-electron chi connectivity index (χ2n) is 6.51. The summed E-state index contributed by atoms with van der Waals surface area (Å²) in [6.07, 6.45) is 2.99. The van der Waals surface area contributed by atoms with Crippen LogP contribution in [-0.2, 0) is 6.42 Å². The average Bonchev–Trinajstić information content (AvgIpc) is 3.35. The number of quaternary nitrogens is 1. The number of hydrogen-bond donors (Lipinski definition) is 2. The highest BCUT2D eigenvalue weighted by Crippen LogP contribution is 2.35. The molecule has 0 unspecified atom stereocenters. The lowest BCUT2D eigenvalue weighted by molar-refractivity contribution is -0.913. The lowest BCUT2D eigenvalue weighted by Crippen LogP contribution is -3.10. The summed E-state index contributed by atoms with van der Waals surface area (Å²) >= 11 is 1.45. The van der Waals surface area contributed by atoms with Crippen molar-refractivity contribution in [1.29, 1.82) is 0 Å². The molecule has 0 spiro atoms. The van der Waals surface area contributed by atoms with Gasteiger partial charge in [0.1, 0.15) is 4.88 Å². The Labute approximate surface area is 153 Å². The molecule has 1 aliphatic rings. The second kappa shape index (κ2) is 6.65. The van der Waals surface area contributed by atoms with E-state index in [1.54, 1.807) is 12.1 Å². The van der Waals surface area contributed by atoms with Gasteiger partial charge in [0.2, 0.25) is 10.8 Å². The molecule has 1 atom stereocenters. The molecule has 3 aromatic rings. The number of rotatable bonds is 5. The fourth-order valence-electron chi connectivity index (χ4n) is 3.61. The van der Waals surface area contributed by atoms with Crippen LogP contribution < -0.4 is 4.90 Å². The minimum absolute atomic E-state index is 0.0723. The van der Waals surface area contributed by atoms with Gasteiger partial charge in [0, 0.05) is 37.0 Å². The molecule has 8 nitrogen and oxygen atoms in total. The Bertz CT molecular complexity index is 943. The van der Waals surface area contributed by atoms with E-state index in [0.29, 0.717) is 17.2 Å². The number of nitrogens with one attached hydrogen (secondary N) is 1. The fourth-order valence-corrected chi connectivity index (χ4v) is 4.77. The van der Waals surface area contributed by atoms with E-state index in [9.17, 15) is 15.2 Å². The van der Waals surface area contributed by atoms with Crippen LogP contribution in [-0.4, -0.2) is 37.7 Å². The summed E-state index contributed by atoms with van der Waals surface area (Å²) in [5.74, 6) is 0.832. The van der Waals surface area contributed by atoms with Crippen LogP contribution >= 0.6 is 11.3 Å². The molecule has 0 amide bonds. The van der Waals surface area contributed by atoms with Gasteiger partial charge < -0.3 is 10.0 Å². The number of aryl methyl sites for hydroxylation is 1. The monoisotopic (exact) mass is 374 g/mol. The first-order chi connectivity index (χ1) is 12.6. The highest BCUT2D eigenvalue weighted by molar-refractivity contribution is 7.17. The predicted molar refractivity (Wildman–Crippen MR) is 96.8 cm³/mol. The molecule has 1 aromatic carbocycles. The largest absolute Gasteiger partial charge is 0.492 e. The van der Waals surface area contributed by atoms with Gasteiger partial charge in [-0.1, -0.05) is 18.3 Å². The van der Waals surface area contributed by atoms with E-state index in [2.05, 4.69) is 10.1 Å². The van der Waals surface area contributed by atoms with Crippen molar-refractivity contribution in [2.75, 3.05) is 13.1 Å². The predicted octanol–water partition coefficient (Wildman–Crippen LogP) is 1.74. The number of likely N-dealkylation sites (tertiary alicyclic amines) is 1. The third kappa shape index (κ3) is 2.82. The van der Waals surface area contributed by atoms with Crippen molar-refractivity contribution in [3.05, 3.63) is 50.6 Å². The maximum absolute atomic E-state index is 10.9. The minimum atomic E-state index is -0.394. The molecule has 26 heavy (non-hydrogen) atoms. The van der Waals surface area contributed by atoms with Crippen molar-refractivity contribution in [1.82, 2.24) is 14.6 Å². The number of non-ortho nitro benzene ring substituents is 1. The van der Waals surface area contributed by atoms with Gasteiger partial charge in [0.25, 0.3) is 5.69 Å². The summed E-state index contributed by atoms with van der Waals surface area (Å²) in [5, 5.41) is 26.1. The lowest BCUT2D eigenvalue weighted by Gasteiger charge is -2.23. The Morgan fingerprint density at radius 2 is 2.04 bits per heavy atom. The van der Waals surface area contributed by atoms with E-state index in [1.165, 1.54) is 32.9 Å². The number of fused-ring (bicyclic) bond motifs is 1. The molecule has 1 saturated heterocycles. The van der Waals surface area contributed by atoms with E-state index in [4.69, 9.17) is 0 Å². The molecule has 2 aromatic heterocycles. The van der Waals surface area contributed by atoms with E-state index in [-0.39, 0.29) is 17.6 Å². The Kier molecular flexibility index (Phi) is 4.33. The Hall–Kier alpha value is -2.52. The van der Waals surface area contributed by atoms with Crippen molar-refractivity contribution in [3.8, 4) is 5.88 Å². The molecule has 0 saturated carbocycles. The van der Waals surface area contributed by atoms with Gasteiger partial charge in [0.15, 0.2) is 11.9 Å². The molecule has 2 N–H and O–H groups in total. The summed E-state index contributed by atoms with van der Waals surface area (Å²) in [6.45, 7) is 4.00. The summed E-state index contributed by atoms with van der Waals surface area (Å²) in [6, 6.07) is 6.57. The summed E-state index contributed by atoms with van der Waals surface area (Å²) in [4.78, 5) is 17.9. The van der Waals surface area contributed by atoms with Crippen LogP contribution in [0.4, 0.5) is 5.69 Å². The van der Waals surface area contributed by atoms with Crippen molar-refractivity contribution >= 4 is 22.0 Å². The zero-order valence-electron chi connectivity index (χ0n) is 14.4. The minimum Gasteiger partial charge on any atom is -0.492 e. The topological polar surface area (TPSA) is 98.0 Å². The zero-order chi connectivity index (χ0) is 18.3. The van der Waals surface area contributed by atoms with E-state index in [1.807, 2.05) is 6.92 Å². The second-order valence-corrected chi connectivity index (χ2v) is 7.52. The van der Waals surface area contributed by atoms with Gasteiger partial charge >= 0.3 is 0 Å². The third-order valence-electron chi connectivity index (χ3n) is 4.91. The van der Waals surface area contributed by atoms with Gasteiger partial charge in [-0.3, -0.25) is 10.1 Å². The quantitative estimate of drug-likeness (QED) is 0.524. The lowest BCUT2D eigenvalue weighted by atomic mass is 10.0. The first-order valence-electron chi connectivity index (χ1n) is 8.74. The molecule has 0 bridgehead atoms.